The van der Waals surface area contributed by atoms with Crippen molar-refractivity contribution in [2.75, 3.05) is 11.9 Å². The van der Waals surface area contributed by atoms with Gasteiger partial charge in [-0.3, -0.25) is 4.79 Å². The van der Waals surface area contributed by atoms with E-state index in [9.17, 15) is 4.79 Å². The van der Waals surface area contributed by atoms with Crippen LogP contribution < -0.4 is 10.1 Å². The summed E-state index contributed by atoms with van der Waals surface area (Å²) in [5.74, 6) is 7.13. The van der Waals surface area contributed by atoms with Crippen molar-refractivity contribution in [3.8, 4) is 29.0 Å². The van der Waals surface area contributed by atoms with Crippen molar-refractivity contribution in [3.05, 3.63) is 66.5 Å². The fourth-order valence-electron chi connectivity index (χ4n) is 3.69. The smallest absolute Gasteiger partial charge is 0.300 e. The van der Waals surface area contributed by atoms with E-state index in [-0.39, 0.29) is 5.91 Å². The summed E-state index contributed by atoms with van der Waals surface area (Å²) in [5.41, 5.74) is 2.27. The molecular weight excluding hydrogens is 374 g/mol. The summed E-state index contributed by atoms with van der Waals surface area (Å²) in [5, 5.41) is 2.89. The number of anilines is 1. The normalized spacial score (nSPS) is 13.9. The van der Waals surface area contributed by atoms with Gasteiger partial charge in [0.1, 0.15) is 11.6 Å². The molecule has 4 rings (SSSR count). The highest BCUT2D eigenvalue weighted by Crippen LogP contribution is 2.31. The number of amides is 1. The number of nitrogens with zero attached hydrogens (tertiary/aromatic N) is 1. The minimum absolute atomic E-state index is 0.377. The third-order valence-electron chi connectivity index (χ3n) is 5.29. The molecule has 1 aliphatic carbocycles. The standard InChI is InChI=1S/C25H25N3O2/c29-24(14-11-19-7-3-1-4-8-19)28-22-17-21(25-26-15-16-27-25)12-13-23(22)30-18-20-9-5-2-6-10-20/h1,3-4,7-8,12-13,15-17,20H,2,5-6,9-10,18H2,(H,26,27)(H,28,29). The first-order valence-electron chi connectivity index (χ1n) is 10.4. The molecule has 1 aromatic heterocycles. The molecular formula is C25H25N3O2. The lowest BCUT2D eigenvalue weighted by Gasteiger charge is -2.22. The molecule has 0 atom stereocenters. The Morgan fingerprint density at radius 1 is 1.13 bits per heavy atom. The van der Waals surface area contributed by atoms with E-state index in [2.05, 4.69) is 27.1 Å². The number of H-pyrrole nitrogens is 1. The number of hydrogen-bond acceptors (Lipinski definition) is 3. The topological polar surface area (TPSA) is 67.0 Å². The van der Waals surface area contributed by atoms with E-state index in [4.69, 9.17) is 4.74 Å². The molecule has 5 heteroatoms. The summed E-state index contributed by atoms with van der Waals surface area (Å²) in [4.78, 5) is 19.9. The van der Waals surface area contributed by atoms with E-state index >= 15 is 0 Å². The van der Waals surface area contributed by atoms with Crippen molar-refractivity contribution >= 4 is 11.6 Å². The largest absolute Gasteiger partial charge is 0.491 e. The second kappa shape index (κ2) is 9.80. The minimum Gasteiger partial charge on any atom is -0.491 e. The second-order valence-corrected chi connectivity index (χ2v) is 7.53. The Labute approximate surface area is 176 Å². The molecule has 1 heterocycles. The van der Waals surface area contributed by atoms with Crippen LogP contribution in [0.2, 0.25) is 0 Å². The summed E-state index contributed by atoms with van der Waals surface area (Å²) in [6.45, 7) is 0.665. The summed E-state index contributed by atoms with van der Waals surface area (Å²) >= 11 is 0. The average molecular weight is 399 g/mol. The molecule has 0 unspecified atom stereocenters. The number of ether oxygens (including phenoxy) is 1. The zero-order valence-electron chi connectivity index (χ0n) is 16.9. The van der Waals surface area contributed by atoms with Crippen LogP contribution in [0.4, 0.5) is 5.69 Å². The fourth-order valence-corrected chi connectivity index (χ4v) is 3.69. The van der Waals surface area contributed by atoms with E-state index in [1.165, 1.54) is 32.1 Å². The van der Waals surface area contributed by atoms with Crippen LogP contribution in [0.15, 0.2) is 60.9 Å². The van der Waals surface area contributed by atoms with E-state index in [1.807, 2.05) is 48.5 Å². The Bertz CT molecular complexity index is 1030. The number of nitrogens with one attached hydrogen (secondary N) is 2. The first-order chi connectivity index (χ1) is 14.8. The molecule has 2 aromatic carbocycles. The molecule has 0 saturated heterocycles. The molecule has 3 aromatic rings. The number of aromatic nitrogens is 2. The SMILES string of the molecule is O=C(C#Cc1ccccc1)Nc1cc(-c2ncc[nH]2)ccc1OCC1CCCCC1. The van der Waals surface area contributed by atoms with Crippen molar-refractivity contribution in [1.82, 2.24) is 9.97 Å². The van der Waals surface area contributed by atoms with E-state index < -0.39 is 0 Å². The van der Waals surface area contributed by atoms with E-state index in [0.717, 1.165) is 17.0 Å². The minimum atomic E-state index is -0.377. The van der Waals surface area contributed by atoms with Gasteiger partial charge in [0.15, 0.2) is 0 Å². The Balaban J connectivity index is 1.52. The molecule has 1 amide bonds. The Morgan fingerprint density at radius 3 is 2.73 bits per heavy atom. The van der Waals surface area contributed by atoms with Crippen LogP contribution in [0.3, 0.4) is 0 Å². The maximum absolute atomic E-state index is 12.5. The van der Waals surface area contributed by atoms with Crippen LogP contribution in [0.1, 0.15) is 37.7 Å². The Morgan fingerprint density at radius 2 is 1.97 bits per heavy atom. The van der Waals surface area contributed by atoms with Crippen LogP contribution in [-0.4, -0.2) is 22.5 Å². The van der Waals surface area contributed by atoms with Crippen molar-refractivity contribution in [2.24, 2.45) is 5.92 Å². The van der Waals surface area contributed by atoms with Crippen LogP contribution >= 0.6 is 0 Å². The average Bonchev–Trinajstić information content (AvgIpc) is 3.33. The van der Waals surface area contributed by atoms with Crippen molar-refractivity contribution < 1.29 is 9.53 Å². The molecule has 30 heavy (non-hydrogen) atoms. The number of aromatic amines is 1. The first kappa shape index (κ1) is 19.8. The predicted molar refractivity (Wildman–Crippen MR) is 118 cm³/mol. The van der Waals surface area contributed by atoms with Crippen LogP contribution in [0.25, 0.3) is 11.4 Å². The summed E-state index contributed by atoms with van der Waals surface area (Å²) in [7, 11) is 0. The van der Waals surface area contributed by atoms with E-state index in [0.29, 0.717) is 24.0 Å². The molecule has 152 valence electrons. The summed E-state index contributed by atoms with van der Waals surface area (Å²) < 4.78 is 6.12. The number of rotatable bonds is 5. The third kappa shape index (κ3) is 5.30. The van der Waals surface area contributed by atoms with Gasteiger partial charge in [-0.15, -0.1) is 0 Å². The number of hydrogen-bond donors (Lipinski definition) is 2. The highest BCUT2D eigenvalue weighted by Gasteiger charge is 2.16. The van der Waals surface area contributed by atoms with Gasteiger partial charge in [-0.1, -0.05) is 43.4 Å². The highest BCUT2D eigenvalue weighted by molar-refractivity contribution is 6.05. The van der Waals surface area contributed by atoms with Crippen LogP contribution in [0, 0.1) is 17.8 Å². The summed E-state index contributed by atoms with van der Waals surface area (Å²) in [6, 6.07) is 15.2. The zero-order chi connectivity index (χ0) is 20.6. The predicted octanol–water partition coefficient (Wildman–Crippen LogP) is 5.03. The maximum Gasteiger partial charge on any atom is 0.300 e. The maximum atomic E-state index is 12.5. The van der Waals surface area contributed by atoms with Crippen LogP contribution in [-0.2, 0) is 4.79 Å². The van der Waals surface area contributed by atoms with Crippen LogP contribution in [0.5, 0.6) is 5.75 Å². The molecule has 1 fully saturated rings. The van der Waals surface area contributed by atoms with Gasteiger partial charge in [0.05, 0.1) is 12.3 Å². The lowest BCUT2D eigenvalue weighted by molar-refractivity contribution is -0.111. The number of benzene rings is 2. The molecule has 0 bridgehead atoms. The number of imidazole rings is 1. The van der Waals surface area contributed by atoms with Gasteiger partial charge in [0.2, 0.25) is 0 Å². The monoisotopic (exact) mass is 399 g/mol. The lowest BCUT2D eigenvalue weighted by Crippen LogP contribution is -2.16. The molecule has 0 aliphatic heterocycles. The highest BCUT2D eigenvalue weighted by atomic mass is 16.5. The molecule has 0 radical (unpaired) electrons. The van der Waals surface area contributed by atoms with E-state index in [1.54, 1.807) is 12.4 Å². The van der Waals surface area contributed by atoms with Gasteiger partial charge in [0, 0.05) is 29.4 Å². The quantitative estimate of drug-likeness (QED) is 0.592. The fraction of sp³-hybridized carbons (Fsp3) is 0.280. The Hall–Kier alpha value is -3.52. The third-order valence-corrected chi connectivity index (χ3v) is 5.29. The number of carbonyl (C=O) groups is 1. The molecule has 2 N–H and O–H groups in total. The van der Waals surface area contributed by atoms with Crippen molar-refractivity contribution in [2.45, 2.75) is 32.1 Å². The Kier molecular flexibility index (Phi) is 6.46. The van der Waals surface area contributed by atoms with Gasteiger partial charge in [-0.2, -0.15) is 0 Å². The van der Waals surface area contributed by atoms with Crippen molar-refractivity contribution in [1.29, 1.82) is 0 Å². The molecule has 1 aliphatic rings. The summed E-state index contributed by atoms with van der Waals surface area (Å²) in [6.07, 6.45) is 9.73. The lowest BCUT2D eigenvalue weighted by atomic mass is 9.90. The van der Waals surface area contributed by atoms with Gasteiger partial charge in [-0.05, 0) is 49.1 Å². The molecule has 1 saturated carbocycles. The van der Waals surface area contributed by atoms with Gasteiger partial charge in [0.25, 0.3) is 0 Å². The second-order valence-electron chi connectivity index (χ2n) is 7.53. The molecule has 5 nitrogen and oxygen atoms in total. The first-order valence-corrected chi connectivity index (χ1v) is 10.4. The van der Waals surface area contributed by atoms with Crippen molar-refractivity contribution in [3.63, 3.8) is 0 Å². The van der Waals surface area contributed by atoms with Gasteiger partial charge in [-0.25, -0.2) is 4.98 Å². The molecule has 0 spiro atoms. The number of carbonyl (C=O) groups excluding carboxylic acids is 1. The van der Waals surface area contributed by atoms with Gasteiger partial charge < -0.3 is 15.0 Å². The van der Waals surface area contributed by atoms with Gasteiger partial charge >= 0.3 is 5.91 Å². The zero-order valence-corrected chi connectivity index (χ0v) is 16.9.